The zero-order chi connectivity index (χ0) is 14.4. The standard InChI is InChI=1S/C16H17N3O2/c1-10-12-5-3-4-6-13(12)19(2)14(10)16-17-15(18-21-16)11-7-8-20-9-11/h3-6,11H,7-9H2,1-2H3/t11-/m0/s1. The molecule has 2 aromatic heterocycles. The lowest BCUT2D eigenvalue weighted by atomic mass is 10.1. The molecule has 0 radical (unpaired) electrons. The summed E-state index contributed by atoms with van der Waals surface area (Å²) in [4.78, 5) is 4.60. The second-order valence-electron chi connectivity index (χ2n) is 5.57. The Labute approximate surface area is 122 Å². The van der Waals surface area contributed by atoms with Gasteiger partial charge in [0.1, 0.15) is 5.69 Å². The van der Waals surface area contributed by atoms with Crippen LogP contribution in [0.25, 0.3) is 22.5 Å². The van der Waals surface area contributed by atoms with Crippen LogP contribution in [0.15, 0.2) is 28.8 Å². The second kappa shape index (κ2) is 4.70. The van der Waals surface area contributed by atoms with Crippen molar-refractivity contribution in [2.45, 2.75) is 19.3 Å². The van der Waals surface area contributed by atoms with E-state index >= 15 is 0 Å². The lowest BCUT2D eigenvalue weighted by Crippen LogP contribution is -2.00. The van der Waals surface area contributed by atoms with Crippen molar-refractivity contribution in [3.63, 3.8) is 0 Å². The van der Waals surface area contributed by atoms with Crippen LogP contribution in [0.4, 0.5) is 0 Å². The first-order chi connectivity index (χ1) is 10.3. The molecule has 0 amide bonds. The summed E-state index contributed by atoms with van der Waals surface area (Å²) >= 11 is 0. The van der Waals surface area contributed by atoms with Crippen LogP contribution in [0.3, 0.4) is 0 Å². The third-order valence-corrected chi connectivity index (χ3v) is 4.30. The highest BCUT2D eigenvalue weighted by atomic mass is 16.5. The Morgan fingerprint density at radius 2 is 2.14 bits per heavy atom. The first-order valence-electron chi connectivity index (χ1n) is 7.21. The maximum Gasteiger partial charge on any atom is 0.274 e. The van der Waals surface area contributed by atoms with Crippen LogP contribution in [0.2, 0.25) is 0 Å². The summed E-state index contributed by atoms with van der Waals surface area (Å²) in [6.07, 6.45) is 0.965. The van der Waals surface area contributed by atoms with E-state index in [0.717, 1.165) is 24.5 Å². The molecule has 0 N–H and O–H groups in total. The molecule has 1 saturated heterocycles. The molecular formula is C16H17N3O2. The van der Waals surface area contributed by atoms with Crippen molar-refractivity contribution in [1.82, 2.24) is 14.7 Å². The van der Waals surface area contributed by atoms with Gasteiger partial charge < -0.3 is 13.8 Å². The summed E-state index contributed by atoms with van der Waals surface area (Å²) in [5, 5.41) is 5.37. The summed E-state index contributed by atoms with van der Waals surface area (Å²) < 4.78 is 13.0. The van der Waals surface area contributed by atoms with Gasteiger partial charge in [0.2, 0.25) is 0 Å². The fourth-order valence-corrected chi connectivity index (χ4v) is 3.12. The summed E-state index contributed by atoms with van der Waals surface area (Å²) in [7, 11) is 2.03. The number of rotatable bonds is 2. The molecule has 5 heteroatoms. The van der Waals surface area contributed by atoms with Gasteiger partial charge in [-0.2, -0.15) is 4.98 Å². The number of benzene rings is 1. The maximum atomic E-state index is 5.52. The summed E-state index contributed by atoms with van der Waals surface area (Å²) in [5.41, 5.74) is 3.34. The molecule has 1 fully saturated rings. The van der Waals surface area contributed by atoms with Gasteiger partial charge in [-0.1, -0.05) is 23.4 Å². The maximum absolute atomic E-state index is 5.52. The normalized spacial score (nSPS) is 18.7. The predicted octanol–water partition coefficient (Wildman–Crippen LogP) is 3.04. The van der Waals surface area contributed by atoms with E-state index in [2.05, 4.69) is 33.8 Å². The van der Waals surface area contributed by atoms with Gasteiger partial charge in [0, 0.05) is 30.5 Å². The van der Waals surface area contributed by atoms with Crippen LogP contribution < -0.4 is 0 Å². The third-order valence-electron chi connectivity index (χ3n) is 4.30. The molecule has 5 nitrogen and oxygen atoms in total. The lowest BCUT2D eigenvalue weighted by Gasteiger charge is -2.00. The van der Waals surface area contributed by atoms with Gasteiger partial charge in [-0.15, -0.1) is 0 Å². The summed E-state index contributed by atoms with van der Waals surface area (Å²) in [6.45, 7) is 3.56. The highest BCUT2D eigenvalue weighted by molar-refractivity contribution is 5.90. The SMILES string of the molecule is Cc1c(-c2nc([C@H]3CCOC3)no2)n(C)c2ccccc12. The minimum atomic E-state index is 0.262. The molecule has 21 heavy (non-hydrogen) atoms. The van der Waals surface area contributed by atoms with E-state index in [0.29, 0.717) is 12.5 Å². The molecule has 0 aliphatic carbocycles. The molecule has 0 saturated carbocycles. The largest absolute Gasteiger partial charge is 0.381 e. The van der Waals surface area contributed by atoms with Crippen molar-refractivity contribution < 1.29 is 9.26 Å². The second-order valence-corrected chi connectivity index (χ2v) is 5.57. The lowest BCUT2D eigenvalue weighted by molar-refractivity contribution is 0.192. The minimum Gasteiger partial charge on any atom is -0.381 e. The first-order valence-corrected chi connectivity index (χ1v) is 7.21. The van der Waals surface area contributed by atoms with Crippen LogP contribution in [0.5, 0.6) is 0 Å². The Kier molecular flexibility index (Phi) is 2.82. The number of aryl methyl sites for hydroxylation is 2. The fraction of sp³-hybridized carbons (Fsp3) is 0.375. The van der Waals surface area contributed by atoms with E-state index in [1.165, 1.54) is 16.5 Å². The molecule has 0 unspecified atom stereocenters. The molecule has 1 aliphatic rings. The van der Waals surface area contributed by atoms with E-state index < -0.39 is 0 Å². The van der Waals surface area contributed by atoms with Gasteiger partial charge >= 0.3 is 0 Å². The van der Waals surface area contributed by atoms with Crippen molar-refractivity contribution in [1.29, 1.82) is 0 Å². The van der Waals surface area contributed by atoms with Crippen LogP contribution >= 0.6 is 0 Å². The van der Waals surface area contributed by atoms with Crippen LogP contribution in [-0.4, -0.2) is 27.9 Å². The van der Waals surface area contributed by atoms with E-state index in [-0.39, 0.29) is 5.92 Å². The Bertz CT molecular complexity index is 758. The van der Waals surface area contributed by atoms with Gasteiger partial charge in [-0.05, 0) is 25.0 Å². The Hall–Kier alpha value is -2.14. The first kappa shape index (κ1) is 12.6. The van der Waals surface area contributed by atoms with Crippen molar-refractivity contribution in [3.8, 4) is 11.6 Å². The van der Waals surface area contributed by atoms with Crippen molar-refractivity contribution in [2.24, 2.45) is 7.05 Å². The average Bonchev–Trinajstić information content (AvgIpc) is 3.21. The van der Waals surface area contributed by atoms with E-state index in [1.54, 1.807) is 0 Å². The summed E-state index contributed by atoms with van der Waals surface area (Å²) in [6, 6.07) is 8.32. The molecule has 1 aliphatic heterocycles. The molecule has 0 spiro atoms. The van der Waals surface area contributed by atoms with Crippen molar-refractivity contribution in [2.75, 3.05) is 13.2 Å². The topological polar surface area (TPSA) is 53.1 Å². The van der Waals surface area contributed by atoms with Gasteiger partial charge in [-0.25, -0.2) is 0 Å². The van der Waals surface area contributed by atoms with E-state index in [4.69, 9.17) is 9.26 Å². The summed E-state index contributed by atoms with van der Waals surface area (Å²) in [5.74, 6) is 1.61. The number of nitrogens with zero attached hydrogens (tertiary/aromatic N) is 3. The Morgan fingerprint density at radius 3 is 2.90 bits per heavy atom. The highest BCUT2D eigenvalue weighted by Gasteiger charge is 2.25. The van der Waals surface area contributed by atoms with Crippen molar-refractivity contribution in [3.05, 3.63) is 35.7 Å². The molecule has 1 atom stereocenters. The number of fused-ring (bicyclic) bond motifs is 1. The number of para-hydroxylation sites is 1. The molecule has 0 bridgehead atoms. The molecule has 1 aromatic carbocycles. The fourth-order valence-electron chi connectivity index (χ4n) is 3.12. The van der Waals surface area contributed by atoms with Crippen LogP contribution in [-0.2, 0) is 11.8 Å². The molecule has 3 aromatic rings. The number of hydrogen-bond donors (Lipinski definition) is 0. The minimum absolute atomic E-state index is 0.262. The number of aromatic nitrogens is 3. The third kappa shape index (κ3) is 1.88. The smallest absolute Gasteiger partial charge is 0.274 e. The molecule has 3 heterocycles. The molecule has 4 rings (SSSR count). The monoisotopic (exact) mass is 283 g/mol. The zero-order valence-electron chi connectivity index (χ0n) is 12.2. The van der Waals surface area contributed by atoms with Gasteiger partial charge in [0.15, 0.2) is 5.82 Å². The van der Waals surface area contributed by atoms with E-state index in [9.17, 15) is 0 Å². The number of ether oxygens (including phenoxy) is 1. The quantitative estimate of drug-likeness (QED) is 0.725. The van der Waals surface area contributed by atoms with Crippen molar-refractivity contribution >= 4 is 10.9 Å². The van der Waals surface area contributed by atoms with Gasteiger partial charge in [-0.3, -0.25) is 0 Å². The zero-order valence-corrected chi connectivity index (χ0v) is 12.2. The van der Waals surface area contributed by atoms with Gasteiger partial charge in [0.25, 0.3) is 5.89 Å². The Balaban J connectivity index is 1.83. The van der Waals surface area contributed by atoms with Crippen LogP contribution in [0, 0.1) is 6.92 Å². The molecule has 108 valence electrons. The average molecular weight is 283 g/mol. The van der Waals surface area contributed by atoms with Gasteiger partial charge in [0.05, 0.1) is 6.61 Å². The highest BCUT2D eigenvalue weighted by Crippen LogP contribution is 2.32. The predicted molar refractivity (Wildman–Crippen MR) is 79.1 cm³/mol. The van der Waals surface area contributed by atoms with E-state index in [1.807, 2.05) is 19.2 Å². The Morgan fingerprint density at radius 1 is 1.29 bits per heavy atom. The molecular weight excluding hydrogens is 266 g/mol. The number of hydrogen-bond acceptors (Lipinski definition) is 4. The van der Waals surface area contributed by atoms with Crippen LogP contribution in [0.1, 0.15) is 23.7 Å².